The Labute approximate surface area is 332 Å². The van der Waals surface area contributed by atoms with Crippen LogP contribution < -0.4 is 0 Å². The summed E-state index contributed by atoms with van der Waals surface area (Å²) in [5, 5.41) is 64.3. The second-order valence-electron chi connectivity index (χ2n) is 19.1. The van der Waals surface area contributed by atoms with Gasteiger partial charge in [0.1, 0.15) is 17.8 Å². The third-order valence-corrected chi connectivity index (χ3v) is 17.2. The number of carbonyl (C=O) groups is 4. The van der Waals surface area contributed by atoms with E-state index in [1.165, 1.54) is 6.08 Å². The molecule has 0 aromatic carbocycles. The molecule has 8 aliphatic rings. The number of phosphoric acid groups is 1. The third kappa shape index (κ3) is 6.27. The van der Waals surface area contributed by atoms with Crippen molar-refractivity contribution in [1.29, 1.82) is 0 Å². The average molecular weight is 817 g/mol. The van der Waals surface area contributed by atoms with Crippen LogP contribution in [0.15, 0.2) is 47.6 Å². The van der Waals surface area contributed by atoms with Gasteiger partial charge in [-0.2, -0.15) is 0 Å². The number of fused-ring (bicyclic) bond motifs is 10. The van der Waals surface area contributed by atoms with Crippen LogP contribution in [0.4, 0.5) is 0 Å². The van der Waals surface area contributed by atoms with Crippen molar-refractivity contribution >= 4 is 31.0 Å². The maximum atomic E-state index is 12.9. The van der Waals surface area contributed by atoms with E-state index in [0.717, 1.165) is 30.4 Å². The summed E-state index contributed by atoms with van der Waals surface area (Å²) < 4.78 is 15.2. The normalized spacial score (nSPS) is 47.4. The highest BCUT2D eigenvalue weighted by Gasteiger charge is 2.70. The number of Topliss-reactive ketones (excluding diaryl/α,β-unsaturated/α-hetero) is 2. The van der Waals surface area contributed by atoms with Crippen LogP contribution in [0.25, 0.3) is 0 Å². The Balaban J connectivity index is 0.000000177. The Hall–Kier alpha value is -2.49. The van der Waals surface area contributed by atoms with Crippen LogP contribution in [0.5, 0.6) is 0 Å². The van der Waals surface area contributed by atoms with Gasteiger partial charge in [0.25, 0.3) is 0 Å². The van der Waals surface area contributed by atoms with Gasteiger partial charge in [-0.3, -0.25) is 19.2 Å². The van der Waals surface area contributed by atoms with Gasteiger partial charge in [-0.15, -0.1) is 0 Å². The molecule has 314 valence electrons. The first-order valence-electron chi connectivity index (χ1n) is 20.2. The summed E-state index contributed by atoms with van der Waals surface area (Å²) in [5.41, 5.74) is -4.24. The zero-order valence-electron chi connectivity index (χ0n) is 32.9. The smallest absolute Gasteiger partial charge is 0.393 e. The standard InChI is InChI=1S/C21H29O9P.C21H28O5/c1-19-7-5-12(22)9-11(19)3-4-13-14-6-8-21(26,17(24)18(25)30-31(27,28)29)20(14,2)10-15(23)16(13)19;1-19-7-5-13(23)9-12(19)3-4-14-15-6-8-21(26,17(25)11-22)20(15,2)10-16(24)18(14)19/h5,7,9,13-16,18,23,25-26H,3-4,6,8,10H2,1-2H3,(H2,27,28,29);5,7,9,14-16,18,22,24,26H,3-4,6,8,10-11H2,1-2H3/t13-,14-,15?,16+,18?,19-,20-,21-;14?,15?,16?,18?,19-,20-,21-/m00/s1. The van der Waals surface area contributed by atoms with E-state index in [4.69, 9.17) is 9.79 Å². The molecule has 0 aromatic rings. The summed E-state index contributed by atoms with van der Waals surface area (Å²) in [6.07, 6.45) is 11.3. The Morgan fingerprint density at radius 1 is 0.772 bits per heavy atom. The second kappa shape index (κ2) is 14.0. The maximum Gasteiger partial charge on any atom is 0.472 e. The van der Waals surface area contributed by atoms with Crippen LogP contribution in [0, 0.1) is 57.2 Å². The molecule has 57 heavy (non-hydrogen) atoms. The van der Waals surface area contributed by atoms with Gasteiger partial charge in [-0.1, -0.05) is 51.0 Å². The SMILES string of the molecule is C[C@]12C=CC(=O)C=C1CCC1C2C(O)C[C@@]2(C)C1CC[C@]2(O)C(=O)CO.C[C@]12C=CC(=O)C=C1CC[C@@H]1[C@@H]2C(O)C[C@@]2(C)[C@H]1CC[C@]2(O)C(=O)C(O)OP(=O)(O)O. The van der Waals surface area contributed by atoms with E-state index in [-0.39, 0.29) is 65.3 Å². The number of rotatable bonds is 6. The summed E-state index contributed by atoms with van der Waals surface area (Å²) in [6, 6.07) is 0. The quantitative estimate of drug-likeness (QED) is 0.142. The highest BCUT2D eigenvalue weighted by molar-refractivity contribution is 7.46. The molecule has 8 rings (SSSR count). The summed E-state index contributed by atoms with van der Waals surface area (Å²) in [4.78, 5) is 66.8. The van der Waals surface area contributed by atoms with Gasteiger partial charge < -0.3 is 40.4 Å². The van der Waals surface area contributed by atoms with Gasteiger partial charge in [0.05, 0.1) is 12.2 Å². The number of ketones is 4. The third-order valence-electron chi connectivity index (χ3n) is 16.8. The Bertz CT molecular complexity index is 1920. The zero-order valence-corrected chi connectivity index (χ0v) is 33.8. The monoisotopic (exact) mass is 816 g/mol. The van der Waals surface area contributed by atoms with Crippen LogP contribution in [0.1, 0.15) is 91.9 Å². The molecule has 0 spiro atoms. The number of allylic oxidation sites excluding steroid dienone is 8. The van der Waals surface area contributed by atoms with E-state index in [1.807, 2.05) is 26.0 Å². The molecule has 8 N–H and O–H groups in total. The van der Waals surface area contributed by atoms with E-state index in [1.54, 1.807) is 25.2 Å². The minimum atomic E-state index is -5.14. The summed E-state index contributed by atoms with van der Waals surface area (Å²) in [6.45, 7) is 7.04. The molecular weight excluding hydrogens is 759 g/mol. The number of phosphoric ester groups is 1. The minimum absolute atomic E-state index is 0.00173. The van der Waals surface area contributed by atoms with Crippen molar-refractivity contribution in [2.75, 3.05) is 6.61 Å². The predicted molar refractivity (Wildman–Crippen MR) is 202 cm³/mol. The van der Waals surface area contributed by atoms with E-state index < -0.39 is 71.9 Å². The minimum Gasteiger partial charge on any atom is -0.393 e. The molecule has 8 aliphatic carbocycles. The fourth-order valence-electron chi connectivity index (χ4n) is 14.0. The molecule has 0 aromatic heterocycles. The first-order valence-corrected chi connectivity index (χ1v) is 21.7. The number of hydrogen-bond acceptors (Lipinski definition) is 12. The van der Waals surface area contributed by atoms with Crippen molar-refractivity contribution < 1.29 is 68.7 Å². The van der Waals surface area contributed by atoms with Crippen LogP contribution in [-0.4, -0.2) is 99.9 Å². The average Bonchev–Trinajstić information content (AvgIpc) is 3.56. The molecule has 0 aliphatic heterocycles. The summed E-state index contributed by atoms with van der Waals surface area (Å²) in [5.74, 6) is -1.87. The molecule has 14 nitrogen and oxygen atoms in total. The van der Waals surface area contributed by atoms with Crippen molar-refractivity contribution in [3.63, 3.8) is 0 Å². The fourth-order valence-corrected chi connectivity index (χ4v) is 14.4. The molecule has 6 saturated carbocycles. The van der Waals surface area contributed by atoms with Crippen LogP contribution in [-0.2, 0) is 28.3 Å². The first kappa shape index (κ1) is 42.6. The Morgan fingerprint density at radius 3 is 1.61 bits per heavy atom. The van der Waals surface area contributed by atoms with Gasteiger partial charge in [0.15, 0.2) is 17.3 Å². The van der Waals surface area contributed by atoms with Gasteiger partial charge in [0, 0.05) is 33.5 Å². The number of aliphatic hydroxyl groups excluding tert-OH is 4. The topological polar surface area (TPSA) is 256 Å². The van der Waals surface area contributed by atoms with Crippen molar-refractivity contribution in [1.82, 2.24) is 0 Å². The summed E-state index contributed by atoms with van der Waals surface area (Å²) >= 11 is 0. The molecule has 6 unspecified atom stereocenters. The lowest BCUT2D eigenvalue weighted by Crippen LogP contribution is -2.62. The fraction of sp³-hybridized carbons (Fsp3) is 0.714. The van der Waals surface area contributed by atoms with E-state index in [2.05, 4.69) is 11.4 Å². The Morgan fingerprint density at radius 2 is 1.19 bits per heavy atom. The molecule has 6 fully saturated rings. The highest BCUT2D eigenvalue weighted by atomic mass is 31.2. The van der Waals surface area contributed by atoms with Crippen molar-refractivity contribution in [3.8, 4) is 0 Å². The molecule has 0 radical (unpaired) electrons. The molecular formula is C42H57O14P. The van der Waals surface area contributed by atoms with Crippen LogP contribution in [0.3, 0.4) is 0 Å². The Kier molecular flexibility index (Phi) is 10.5. The highest BCUT2D eigenvalue weighted by Crippen LogP contribution is 2.69. The number of aliphatic hydroxyl groups is 6. The molecule has 0 heterocycles. The summed E-state index contributed by atoms with van der Waals surface area (Å²) in [7, 11) is -5.14. The van der Waals surface area contributed by atoms with E-state index in [9.17, 15) is 54.4 Å². The lowest BCUT2D eigenvalue weighted by Gasteiger charge is -2.59. The van der Waals surface area contributed by atoms with Gasteiger partial charge in [-0.05, 0) is 112 Å². The van der Waals surface area contributed by atoms with Gasteiger partial charge >= 0.3 is 7.82 Å². The van der Waals surface area contributed by atoms with Crippen molar-refractivity contribution in [2.24, 2.45) is 57.2 Å². The molecule has 0 bridgehead atoms. The molecule has 15 atom stereocenters. The maximum absolute atomic E-state index is 12.9. The van der Waals surface area contributed by atoms with Crippen LogP contribution >= 0.6 is 7.82 Å². The molecule has 0 amide bonds. The van der Waals surface area contributed by atoms with E-state index >= 15 is 0 Å². The zero-order chi connectivity index (χ0) is 41.9. The first-order chi connectivity index (χ1) is 26.4. The lowest BCUT2D eigenvalue weighted by atomic mass is 9.46. The lowest BCUT2D eigenvalue weighted by molar-refractivity contribution is -0.193. The second-order valence-corrected chi connectivity index (χ2v) is 20.3. The van der Waals surface area contributed by atoms with Gasteiger partial charge in [0.2, 0.25) is 12.1 Å². The number of hydrogen-bond donors (Lipinski definition) is 8. The molecule has 0 saturated heterocycles. The predicted octanol–water partition coefficient (Wildman–Crippen LogP) is 2.55. The van der Waals surface area contributed by atoms with E-state index in [0.29, 0.717) is 32.1 Å². The van der Waals surface area contributed by atoms with Crippen molar-refractivity contribution in [3.05, 3.63) is 47.6 Å². The van der Waals surface area contributed by atoms with Crippen molar-refractivity contribution in [2.45, 2.75) is 122 Å². The van der Waals surface area contributed by atoms with Gasteiger partial charge in [-0.25, -0.2) is 9.09 Å². The molecule has 15 heteroatoms. The van der Waals surface area contributed by atoms with Crippen LogP contribution in [0.2, 0.25) is 0 Å². The number of carbonyl (C=O) groups excluding carboxylic acids is 4. The largest absolute Gasteiger partial charge is 0.472 e.